The first kappa shape index (κ1) is 20.3. The standard InChI is InChI=1S/C26H22ClN3O2/c1-16-4-8-18(9-5-16)25-21-15-30(14-17-6-10-19(27)11-7-17)22-13-24(32-3)23(31-2)12-20(22)26(21)29-28-25/h4-13,15H,14H2,1-3H3. The SMILES string of the molecule is COc1cc2c3nnc(-c4ccc(C)cc4)c-3cn(Cc3ccc(Cl)cc3)c2cc1OC. The lowest BCUT2D eigenvalue weighted by Crippen LogP contribution is -2.05. The molecule has 0 bridgehead atoms. The van der Waals surface area contributed by atoms with Gasteiger partial charge in [0.1, 0.15) is 11.4 Å². The molecule has 3 aromatic carbocycles. The third-order valence-electron chi connectivity index (χ3n) is 5.70. The van der Waals surface area contributed by atoms with Crippen molar-refractivity contribution in [1.29, 1.82) is 0 Å². The van der Waals surface area contributed by atoms with Gasteiger partial charge in [-0.25, -0.2) is 0 Å². The van der Waals surface area contributed by atoms with Crippen LogP contribution in [0.3, 0.4) is 0 Å². The Hall–Kier alpha value is -3.57. The van der Waals surface area contributed by atoms with Crippen LogP contribution in [-0.2, 0) is 6.54 Å². The fourth-order valence-electron chi connectivity index (χ4n) is 4.00. The molecule has 3 aromatic rings. The van der Waals surface area contributed by atoms with Crippen molar-refractivity contribution in [3.05, 3.63) is 83.0 Å². The molecule has 0 saturated heterocycles. The fourth-order valence-corrected chi connectivity index (χ4v) is 4.13. The topological polar surface area (TPSA) is 49.2 Å². The number of aromatic nitrogens is 3. The second-order valence-electron chi connectivity index (χ2n) is 7.78. The number of rotatable bonds is 5. The zero-order valence-electron chi connectivity index (χ0n) is 18.1. The normalized spacial score (nSPS) is 11.2. The zero-order valence-corrected chi connectivity index (χ0v) is 18.8. The first-order valence-corrected chi connectivity index (χ1v) is 10.7. The molecule has 32 heavy (non-hydrogen) atoms. The highest BCUT2D eigenvalue weighted by atomic mass is 35.5. The summed E-state index contributed by atoms with van der Waals surface area (Å²) in [6, 6.07) is 20.2. The second-order valence-corrected chi connectivity index (χ2v) is 8.22. The van der Waals surface area contributed by atoms with Gasteiger partial charge in [0.05, 0.1) is 19.7 Å². The Morgan fingerprint density at radius 1 is 0.844 bits per heavy atom. The Kier molecular flexibility index (Phi) is 5.19. The molecule has 5 rings (SSSR count). The van der Waals surface area contributed by atoms with Crippen LogP contribution in [0.1, 0.15) is 11.1 Å². The van der Waals surface area contributed by atoms with Crippen LogP contribution >= 0.6 is 11.6 Å². The maximum absolute atomic E-state index is 6.09. The van der Waals surface area contributed by atoms with E-state index in [0.717, 1.165) is 44.0 Å². The predicted octanol–water partition coefficient (Wildman–Crippen LogP) is 6.23. The molecule has 2 aliphatic heterocycles. The van der Waals surface area contributed by atoms with Crippen molar-refractivity contribution in [2.24, 2.45) is 0 Å². The lowest BCUT2D eigenvalue weighted by atomic mass is 10.0. The molecule has 6 heteroatoms. The predicted molar refractivity (Wildman–Crippen MR) is 128 cm³/mol. The summed E-state index contributed by atoms with van der Waals surface area (Å²) >= 11 is 6.09. The van der Waals surface area contributed by atoms with Gasteiger partial charge >= 0.3 is 0 Å². The van der Waals surface area contributed by atoms with Crippen molar-refractivity contribution in [2.75, 3.05) is 14.2 Å². The van der Waals surface area contributed by atoms with E-state index in [4.69, 9.17) is 21.1 Å². The lowest BCUT2D eigenvalue weighted by Gasteiger charge is -2.17. The summed E-state index contributed by atoms with van der Waals surface area (Å²) in [5.74, 6) is 1.33. The molecule has 0 N–H and O–H groups in total. The van der Waals surface area contributed by atoms with Crippen LogP contribution in [-0.4, -0.2) is 29.0 Å². The largest absolute Gasteiger partial charge is 0.493 e. The molecule has 0 aliphatic carbocycles. The average molecular weight is 444 g/mol. The molecule has 5 nitrogen and oxygen atoms in total. The molecule has 160 valence electrons. The summed E-state index contributed by atoms with van der Waals surface area (Å²) in [6.45, 7) is 2.74. The molecule has 0 saturated carbocycles. The van der Waals surface area contributed by atoms with Gasteiger partial charge in [-0.2, -0.15) is 0 Å². The minimum absolute atomic E-state index is 0.658. The molecule has 0 radical (unpaired) electrons. The molecular weight excluding hydrogens is 422 g/mol. The van der Waals surface area contributed by atoms with Crippen LogP contribution in [0.4, 0.5) is 0 Å². The van der Waals surface area contributed by atoms with Gasteiger partial charge in [0, 0.05) is 40.3 Å². The first-order chi connectivity index (χ1) is 15.6. The number of hydrogen-bond donors (Lipinski definition) is 0. The van der Waals surface area contributed by atoms with Crippen LogP contribution in [0.2, 0.25) is 5.02 Å². The van der Waals surface area contributed by atoms with Crippen LogP contribution in [0.5, 0.6) is 11.5 Å². The molecule has 0 spiro atoms. The molecule has 0 atom stereocenters. The highest BCUT2D eigenvalue weighted by molar-refractivity contribution is 6.30. The maximum Gasteiger partial charge on any atom is 0.162 e. The fraction of sp³-hybridized carbons (Fsp3) is 0.154. The quantitative estimate of drug-likeness (QED) is 0.323. The van der Waals surface area contributed by atoms with E-state index in [9.17, 15) is 0 Å². The Labute approximate surface area is 191 Å². The van der Waals surface area contributed by atoms with Gasteiger partial charge in [0.25, 0.3) is 0 Å². The van der Waals surface area contributed by atoms with Gasteiger partial charge in [-0.05, 0) is 30.7 Å². The number of nitrogens with zero attached hydrogens (tertiary/aromatic N) is 3. The van der Waals surface area contributed by atoms with Crippen LogP contribution in [0.25, 0.3) is 33.4 Å². The van der Waals surface area contributed by atoms with Crippen LogP contribution in [0, 0.1) is 6.92 Å². The van der Waals surface area contributed by atoms with E-state index in [2.05, 4.69) is 52.2 Å². The Morgan fingerprint density at radius 2 is 1.50 bits per heavy atom. The Morgan fingerprint density at radius 3 is 2.19 bits per heavy atom. The van der Waals surface area contributed by atoms with Gasteiger partial charge in [0.2, 0.25) is 0 Å². The van der Waals surface area contributed by atoms with E-state index >= 15 is 0 Å². The summed E-state index contributed by atoms with van der Waals surface area (Å²) in [4.78, 5) is 0. The minimum atomic E-state index is 0.658. The molecule has 2 heterocycles. The molecule has 0 aromatic heterocycles. The molecular formula is C26H22ClN3O2. The maximum atomic E-state index is 6.09. The average Bonchev–Trinajstić information content (AvgIpc) is 3.24. The van der Waals surface area contributed by atoms with Gasteiger partial charge in [-0.3, -0.25) is 0 Å². The summed E-state index contributed by atoms with van der Waals surface area (Å²) < 4.78 is 13.3. The van der Waals surface area contributed by atoms with E-state index in [1.165, 1.54) is 5.56 Å². The van der Waals surface area contributed by atoms with Gasteiger partial charge in [-0.15, -0.1) is 10.2 Å². The Bertz CT molecular complexity index is 1380. The van der Waals surface area contributed by atoms with Gasteiger partial charge < -0.3 is 14.0 Å². The van der Waals surface area contributed by atoms with E-state index < -0.39 is 0 Å². The summed E-state index contributed by atoms with van der Waals surface area (Å²) in [7, 11) is 3.28. The van der Waals surface area contributed by atoms with Crippen molar-refractivity contribution in [2.45, 2.75) is 13.5 Å². The summed E-state index contributed by atoms with van der Waals surface area (Å²) in [6.07, 6.45) is 2.12. The zero-order chi connectivity index (χ0) is 22.2. The van der Waals surface area contributed by atoms with Crippen molar-refractivity contribution in [3.63, 3.8) is 0 Å². The molecule has 0 unspecified atom stereocenters. The van der Waals surface area contributed by atoms with Gasteiger partial charge in [-0.1, -0.05) is 53.6 Å². The third-order valence-corrected chi connectivity index (χ3v) is 5.95. The van der Waals surface area contributed by atoms with E-state index in [1.807, 2.05) is 36.4 Å². The third kappa shape index (κ3) is 3.55. The van der Waals surface area contributed by atoms with E-state index in [0.29, 0.717) is 18.0 Å². The smallest absolute Gasteiger partial charge is 0.162 e. The summed E-state index contributed by atoms with van der Waals surface area (Å²) in [5, 5.41) is 10.8. The van der Waals surface area contributed by atoms with Crippen molar-refractivity contribution < 1.29 is 9.47 Å². The van der Waals surface area contributed by atoms with Crippen LogP contribution in [0.15, 0.2) is 66.9 Å². The highest BCUT2D eigenvalue weighted by Gasteiger charge is 2.22. The van der Waals surface area contributed by atoms with E-state index in [-0.39, 0.29) is 0 Å². The number of methoxy groups -OCH3 is 2. The van der Waals surface area contributed by atoms with Crippen molar-refractivity contribution >= 4 is 22.5 Å². The van der Waals surface area contributed by atoms with Gasteiger partial charge in [0.15, 0.2) is 11.5 Å². The number of ether oxygens (including phenoxy) is 2. The highest BCUT2D eigenvalue weighted by Crippen LogP contribution is 2.41. The monoisotopic (exact) mass is 443 g/mol. The molecule has 0 fully saturated rings. The minimum Gasteiger partial charge on any atom is -0.493 e. The number of halogens is 1. The van der Waals surface area contributed by atoms with Crippen molar-refractivity contribution in [3.8, 4) is 34.0 Å². The Balaban J connectivity index is 1.76. The van der Waals surface area contributed by atoms with Crippen molar-refractivity contribution in [1.82, 2.24) is 14.8 Å². The molecule has 0 amide bonds. The second kappa shape index (κ2) is 8.17. The lowest BCUT2D eigenvalue weighted by molar-refractivity contribution is 0.355. The number of pyridine rings is 1. The van der Waals surface area contributed by atoms with E-state index in [1.54, 1.807) is 14.2 Å². The first-order valence-electron chi connectivity index (χ1n) is 10.3. The van der Waals surface area contributed by atoms with Crippen LogP contribution < -0.4 is 9.47 Å². The number of aryl methyl sites for hydroxylation is 1. The molecule has 2 aliphatic rings. The summed E-state index contributed by atoms with van der Waals surface area (Å²) in [5.41, 5.74) is 7.06. The number of benzene rings is 3. The number of fused-ring (bicyclic) bond motifs is 3. The number of hydrogen-bond acceptors (Lipinski definition) is 4.